The molecule has 17 heavy (non-hydrogen) atoms. The molecule has 94 valence electrons. The lowest BCUT2D eigenvalue weighted by molar-refractivity contribution is 0.435. The average Bonchev–Trinajstić information content (AvgIpc) is 2.56. The number of nitrogen functional groups attached to an aromatic ring is 1. The van der Waals surface area contributed by atoms with Crippen molar-refractivity contribution in [2.24, 2.45) is 5.92 Å². The third-order valence-corrected chi connectivity index (χ3v) is 3.56. The standard InChI is InChI=1S/C13H22N4/c1-2-4-11-5-3-7-17(8-6-11)13-12(14)9-15-10-16-13/h9-11H,2-8,14H2,1H3. The van der Waals surface area contributed by atoms with E-state index in [2.05, 4.69) is 21.8 Å². The van der Waals surface area contributed by atoms with Crippen molar-refractivity contribution < 1.29 is 0 Å². The molecule has 0 aromatic carbocycles. The van der Waals surface area contributed by atoms with Crippen molar-refractivity contribution in [1.82, 2.24) is 9.97 Å². The molecule has 0 bridgehead atoms. The smallest absolute Gasteiger partial charge is 0.155 e. The van der Waals surface area contributed by atoms with E-state index in [1.807, 2.05) is 0 Å². The van der Waals surface area contributed by atoms with E-state index < -0.39 is 0 Å². The van der Waals surface area contributed by atoms with Crippen LogP contribution in [-0.4, -0.2) is 23.1 Å². The summed E-state index contributed by atoms with van der Waals surface area (Å²) < 4.78 is 0. The van der Waals surface area contributed by atoms with Gasteiger partial charge in [0.25, 0.3) is 0 Å². The van der Waals surface area contributed by atoms with E-state index in [9.17, 15) is 0 Å². The maximum Gasteiger partial charge on any atom is 0.155 e. The van der Waals surface area contributed by atoms with Crippen molar-refractivity contribution in [2.75, 3.05) is 23.7 Å². The Hall–Kier alpha value is -1.32. The first-order valence-electron chi connectivity index (χ1n) is 6.61. The topological polar surface area (TPSA) is 55.0 Å². The van der Waals surface area contributed by atoms with Crippen molar-refractivity contribution in [1.29, 1.82) is 0 Å². The first kappa shape index (κ1) is 12.1. The van der Waals surface area contributed by atoms with Gasteiger partial charge in [-0.15, -0.1) is 0 Å². The summed E-state index contributed by atoms with van der Waals surface area (Å²) in [5.41, 5.74) is 6.62. The van der Waals surface area contributed by atoms with Crippen LogP contribution in [0.2, 0.25) is 0 Å². The molecule has 0 saturated carbocycles. The zero-order valence-corrected chi connectivity index (χ0v) is 10.6. The second-order valence-electron chi connectivity index (χ2n) is 4.87. The second kappa shape index (κ2) is 5.84. The number of nitrogens with zero attached hydrogens (tertiary/aromatic N) is 3. The number of hydrogen-bond donors (Lipinski definition) is 1. The fourth-order valence-electron chi connectivity index (χ4n) is 2.67. The summed E-state index contributed by atoms with van der Waals surface area (Å²) in [6, 6.07) is 0. The summed E-state index contributed by atoms with van der Waals surface area (Å²) >= 11 is 0. The minimum absolute atomic E-state index is 0.696. The van der Waals surface area contributed by atoms with Gasteiger partial charge >= 0.3 is 0 Å². The van der Waals surface area contributed by atoms with Crippen molar-refractivity contribution >= 4 is 11.5 Å². The van der Waals surface area contributed by atoms with Crippen LogP contribution < -0.4 is 10.6 Å². The molecule has 2 rings (SSSR count). The fourth-order valence-corrected chi connectivity index (χ4v) is 2.67. The van der Waals surface area contributed by atoms with Gasteiger partial charge in [0.1, 0.15) is 6.33 Å². The zero-order valence-electron chi connectivity index (χ0n) is 10.6. The van der Waals surface area contributed by atoms with Gasteiger partial charge in [-0.1, -0.05) is 19.8 Å². The number of nitrogens with two attached hydrogens (primary N) is 1. The van der Waals surface area contributed by atoms with Crippen LogP contribution in [0.25, 0.3) is 0 Å². The molecule has 1 aromatic heterocycles. The van der Waals surface area contributed by atoms with E-state index in [1.165, 1.54) is 32.1 Å². The van der Waals surface area contributed by atoms with E-state index in [1.54, 1.807) is 12.5 Å². The van der Waals surface area contributed by atoms with Gasteiger partial charge in [-0.2, -0.15) is 0 Å². The summed E-state index contributed by atoms with van der Waals surface area (Å²) in [6.45, 7) is 4.42. The van der Waals surface area contributed by atoms with Gasteiger partial charge in [0.15, 0.2) is 5.82 Å². The predicted molar refractivity (Wildman–Crippen MR) is 70.9 cm³/mol. The molecule has 1 aliphatic rings. The van der Waals surface area contributed by atoms with Crippen LogP contribution in [0.15, 0.2) is 12.5 Å². The van der Waals surface area contributed by atoms with Gasteiger partial charge in [0, 0.05) is 13.1 Å². The molecule has 1 saturated heterocycles. The van der Waals surface area contributed by atoms with Crippen LogP contribution in [0.3, 0.4) is 0 Å². The van der Waals surface area contributed by atoms with Gasteiger partial charge in [0.2, 0.25) is 0 Å². The first-order chi connectivity index (χ1) is 8.31. The molecule has 1 aromatic rings. The molecule has 4 nitrogen and oxygen atoms in total. The summed E-state index contributed by atoms with van der Waals surface area (Å²) in [7, 11) is 0. The average molecular weight is 234 g/mol. The molecule has 0 radical (unpaired) electrons. The Labute approximate surface area is 103 Å². The van der Waals surface area contributed by atoms with Crippen molar-refractivity contribution in [2.45, 2.75) is 39.0 Å². The second-order valence-corrected chi connectivity index (χ2v) is 4.87. The Morgan fingerprint density at radius 2 is 2.29 bits per heavy atom. The Morgan fingerprint density at radius 3 is 3.06 bits per heavy atom. The van der Waals surface area contributed by atoms with Crippen molar-refractivity contribution in [3.8, 4) is 0 Å². The van der Waals surface area contributed by atoms with Gasteiger partial charge in [-0.3, -0.25) is 0 Å². The molecule has 2 heterocycles. The van der Waals surface area contributed by atoms with E-state index >= 15 is 0 Å². The summed E-state index contributed by atoms with van der Waals surface area (Å²) in [5.74, 6) is 1.80. The highest BCUT2D eigenvalue weighted by molar-refractivity contribution is 5.60. The summed E-state index contributed by atoms with van der Waals surface area (Å²) in [6.07, 6.45) is 9.77. The molecular weight excluding hydrogens is 212 g/mol. The molecule has 1 unspecified atom stereocenters. The molecule has 0 amide bonds. The summed E-state index contributed by atoms with van der Waals surface area (Å²) in [5, 5.41) is 0. The lowest BCUT2D eigenvalue weighted by atomic mass is 9.96. The quantitative estimate of drug-likeness (QED) is 0.873. The predicted octanol–water partition coefficient (Wildman–Crippen LogP) is 2.47. The SMILES string of the molecule is CCCC1CCCN(c2ncncc2N)CC1. The van der Waals surface area contributed by atoms with Crippen LogP contribution in [-0.2, 0) is 0 Å². The monoisotopic (exact) mass is 234 g/mol. The Morgan fingerprint density at radius 1 is 1.41 bits per heavy atom. The van der Waals surface area contributed by atoms with E-state index in [-0.39, 0.29) is 0 Å². The molecular formula is C13H22N4. The minimum atomic E-state index is 0.696. The number of anilines is 2. The normalized spacial score (nSPS) is 21.2. The van der Waals surface area contributed by atoms with Gasteiger partial charge < -0.3 is 10.6 Å². The first-order valence-corrected chi connectivity index (χ1v) is 6.61. The third-order valence-electron chi connectivity index (χ3n) is 3.56. The largest absolute Gasteiger partial charge is 0.394 e. The lowest BCUT2D eigenvalue weighted by Crippen LogP contribution is -2.26. The Balaban J connectivity index is 2.01. The maximum atomic E-state index is 5.93. The number of hydrogen-bond acceptors (Lipinski definition) is 4. The van der Waals surface area contributed by atoms with Crippen LogP contribution >= 0.6 is 0 Å². The van der Waals surface area contributed by atoms with Gasteiger partial charge in [-0.25, -0.2) is 9.97 Å². The maximum absolute atomic E-state index is 5.93. The van der Waals surface area contributed by atoms with Crippen LogP contribution in [0.5, 0.6) is 0 Å². The molecule has 0 spiro atoms. The Kier molecular flexibility index (Phi) is 4.18. The van der Waals surface area contributed by atoms with Crippen molar-refractivity contribution in [3.63, 3.8) is 0 Å². The lowest BCUT2D eigenvalue weighted by Gasteiger charge is -2.22. The summed E-state index contributed by atoms with van der Waals surface area (Å²) in [4.78, 5) is 10.6. The Bertz CT molecular complexity index is 353. The molecule has 0 aliphatic carbocycles. The van der Waals surface area contributed by atoms with E-state index in [0.717, 1.165) is 24.8 Å². The van der Waals surface area contributed by atoms with Gasteiger partial charge in [-0.05, 0) is 25.2 Å². The zero-order chi connectivity index (χ0) is 12.1. The molecule has 1 fully saturated rings. The minimum Gasteiger partial charge on any atom is -0.394 e. The van der Waals surface area contributed by atoms with E-state index in [4.69, 9.17) is 5.73 Å². The molecule has 4 heteroatoms. The highest BCUT2D eigenvalue weighted by Gasteiger charge is 2.18. The van der Waals surface area contributed by atoms with Gasteiger partial charge in [0.05, 0.1) is 11.9 Å². The molecule has 1 aliphatic heterocycles. The fraction of sp³-hybridized carbons (Fsp3) is 0.692. The van der Waals surface area contributed by atoms with E-state index in [0.29, 0.717) is 5.69 Å². The number of rotatable bonds is 3. The highest BCUT2D eigenvalue weighted by Crippen LogP contribution is 2.26. The van der Waals surface area contributed by atoms with Crippen molar-refractivity contribution in [3.05, 3.63) is 12.5 Å². The highest BCUT2D eigenvalue weighted by atomic mass is 15.2. The third kappa shape index (κ3) is 3.08. The molecule has 1 atom stereocenters. The molecule has 2 N–H and O–H groups in total. The van der Waals surface area contributed by atoms with Crippen LogP contribution in [0.4, 0.5) is 11.5 Å². The number of aromatic nitrogens is 2. The van der Waals surface area contributed by atoms with Crippen LogP contribution in [0, 0.1) is 5.92 Å². The van der Waals surface area contributed by atoms with Crippen LogP contribution in [0.1, 0.15) is 39.0 Å².